The Bertz CT molecular complexity index is 903. The summed E-state index contributed by atoms with van der Waals surface area (Å²) in [5.74, 6) is 1.03. The summed E-state index contributed by atoms with van der Waals surface area (Å²) < 4.78 is 5.62. The first-order valence-electron chi connectivity index (χ1n) is 10.1. The van der Waals surface area contributed by atoms with E-state index in [1.807, 2.05) is 12.1 Å². The molecule has 0 saturated heterocycles. The Morgan fingerprint density at radius 2 is 2.25 bits per heavy atom. The van der Waals surface area contributed by atoms with Crippen molar-refractivity contribution in [2.45, 2.75) is 44.4 Å². The van der Waals surface area contributed by atoms with Gasteiger partial charge in [0.15, 0.2) is 5.69 Å². The molecular weight excluding hydrogens is 356 g/mol. The molecule has 2 aromatic rings. The Hall–Kier alpha value is -2.38. The molecule has 0 spiro atoms. The number of ether oxygens (including phenoxy) is 1. The molecule has 148 valence electrons. The topological polar surface area (TPSA) is 90.5 Å². The fourth-order valence-corrected chi connectivity index (χ4v) is 4.60. The number of carbonyl (C=O) groups is 1. The van der Waals surface area contributed by atoms with Crippen LogP contribution in [0, 0.1) is 5.92 Å². The van der Waals surface area contributed by atoms with Crippen molar-refractivity contribution in [2.24, 2.45) is 5.92 Å². The first kappa shape index (κ1) is 17.7. The maximum absolute atomic E-state index is 13.1. The standard InChI is InChI=1S/C21H26N4O3/c1-25-6-4-17-16(11-25)20(24-23-17)21(27)22-19(14-9-15(26)10-14)13-2-3-18-12(8-13)5-7-28-18/h2-3,8,14-15,19,26H,4-7,9-11H2,1H3,(H,22,27)(H,23,24)/t14?,15?,19-/m1/s1. The van der Waals surface area contributed by atoms with Crippen LogP contribution in [0.5, 0.6) is 5.75 Å². The minimum absolute atomic E-state index is 0.129. The third-order valence-electron chi connectivity index (χ3n) is 6.32. The number of aromatic nitrogens is 2. The predicted molar refractivity (Wildman–Crippen MR) is 103 cm³/mol. The molecule has 5 rings (SSSR count). The van der Waals surface area contributed by atoms with E-state index in [2.05, 4.69) is 33.5 Å². The van der Waals surface area contributed by atoms with Crippen molar-refractivity contribution < 1.29 is 14.6 Å². The molecule has 1 aromatic heterocycles. The van der Waals surface area contributed by atoms with Crippen molar-refractivity contribution in [3.63, 3.8) is 0 Å². The quantitative estimate of drug-likeness (QED) is 0.747. The number of hydrogen-bond donors (Lipinski definition) is 3. The lowest BCUT2D eigenvalue weighted by atomic mass is 9.74. The van der Waals surface area contributed by atoms with Crippen LogP contribution in [-0.4, -0.2) is 52.4 Å². The first-order chi connectivity index (χ1) is 13.6. The smallest absolute Gasteiger partial charge is 0.272 e. The number of H-pyrrole nitrogens is 1. The van der Waals surface area contributed by atoms with Crippen LogP contribution < -0.4 is 10.1 Å². The highest BCUT2D eigenvalue weighted by molar-refractivity contribution is 5.94. The second kappa shape index (κ2) is 6.90. The molecule has 7 heteroatoms. The number of carbonyl (C=O) groups excluding carboxylic acids is 1. The van der Waals surface area contributed by atoms with Crippen LogP contribution >= 0.6 is 0 Å². The average Bonchev–Trinajstić information content (AvgIpc) is 3.29. The van der Waals surface area contributed by atoms with Gasteiger partial charge in [-0.15, -0.1) is 0 Å². The van der Waals surface area contributed by atoms with Gasteiger partial charge < -0.3 is 20.1 Å². The minimum Gasteiger partial charge on any atom is -0.493 e. The van der Waals surface area contributed by atoms with E-state index in [4.69, 9.17) is 4.74 Å². The van der Waals surface area contributed by atoms with Gasteiger partial charge in [0, 0.05) is 37.2 Å². The Kier molecular flexibility index (Phi) is 4.36. The van der Waals surface area contributed by atoms with Gasteiger partial charge in [0.05, 0.1) is 18.8 Å². The summed E-state index contributed by atoms with van der Waals surface area (Å²) in [5, 5.41) is 20.4. The number of likely N-dealkylation sites (N-methyl/N-ethyl adjacent to an activating group) is 1. The Balaban J connectivity index is 1.41. The van der Waals surface area contributed by atoms with E-state index in [-0.39, 0.29) is 24.0 Å². The van der Waals surface area contributed by atoms with E-state index in [1.54, 1.807) is 0 Å². The highest BCUT2D eigenvalue weighted by Gasteiger charge is 2.37. The summed E-state index contributed by atoms with van der Waals surface area (Å²) in [6.45, 7) is 2.42. The van der Waals surface area contributed by atoms with E-state index < -0.39 is 0 Å². The van der Waals surface area contributed by atoms with Crippen LogP contribution in [0.3, 0.4) is 0 Å². The fraction of sp³-hybridized carbons (Fsp3) is 0.524. The monoisotopic (exact) mass is 382 g/mol. The number of aliphatic hydroxyl groups excluding tert-OH is 1. The lowest BCUT2D eigenvalue weighted by Crippen LogP contribution is -2.42. The predicted octanol–water partition coefficient (Wildman–Crippen LogP) is 1.57. The van der Waals surface area contributed by atoms with E-state index in [0.717, 1.165) is 48.5 Å². The molecule has 3 aliphatic rings. The molecule has 7 nitrogen and oxygen atoms in total. The summed E-state index contributed by atoms with van der Waals surface area (Å²) in [6.07, 6.45) is 2.93. The van der Waals surface area contributed by atoms with E-state index in [0.29, 0.717) is 25.1 Å². The average molecular weight is 382 g/mol. The lowest BCUT2D eigenvalue weighted by molar-refractivity contribution is 0.0234. The second-order valence-corrected chi connectivity index (χ2v) is 8.32. The summed E-state index contributed by atoms with van der Waals surface area (Å²) in [7, 11) is 2.06. The van der Waals surface area contributed by atoms with Crippen molar-refractivity contribution in [3.05, 3.63) is 46.3 Å². The van der Waals surface area contributed by atoms with Crippen LogP contribution in [0.4, 0.5) is 0 Å². The highest BCUT2D eigenvalue weighted by Crippen LogP contribution is 2.40. The molecule has 1 aliphatic carbocycles. The van der Waals surface area contributed by atoms with Gasteiger partial charge in [0.25, 0.3) is 5.91 Å². The molecule has 1 fully saturated rings. The number of aromatic amines is 1. The number of rotatable bonds is 4. The molecular formula is C21H26N4O3. The van der Waals surface area contributed by atoms with Crippen LogP contribution in [0.1, 0.15) is 51.8 Å². The third kappa shape index (κ3) is 3.08. The molecule has 1 atom stereocenters. The normalized spacial score (nSPS) is 24.6. The Labute approximate surface area is 164 Å². The number of amides is 1. The zero-order chi connectivity index (χ0) is 19.3. The number of fused-ring (bicyclic) bond motifs is 2. The molecule has 28 heavy (non-hydrogen) atoms. The largest absolute Gasteiger partial charge is 0.493 e. The number of benzene rings is 1. The molecule has 1 amide bonds. The second-order valence-electron chi connectivity index (χ2n) is 8.32. The summed E-state index contributed by atoms with van der Waals surface area (Å²) in [5.41, 5.74) is 4.83. The highest BCUT2D eigenvalue weighted by atomic mass is 16.5. The van der Waals surface area contributed by atoms with Gasteiger partial charge in [-0.25, -0.2) is 0 Å². The summed E-state index contributed by atoms with van der Waals surface area (Å²) >= 11 is 0. The van der Waals surface area contributed by atoms with Crippen LogP contribution in [0.2, 0.25) is 0 Å². The third-order valence-corrected chi connectivity index (χ3v) is 6.32. The van der Waals surface area contributed by atoms with Crippen molar-refractivity contribution >= 4 is 5.91 Å². The van der Waals surface area contributed by atoms with E-state index in [1.165, 1.54) is 5.56 Å². The summed E-state index contributed by atoms with van der Waals surface area (Å²) in [6, 6.07) is 6.05. The van der Waals surface area contributed by atoms with Crippen molar-refractivity contribution in [1.29, 1.82) is 0 Å². The van der Waals surface area contributed by atoms with Gasteiger partial charge in [-0.3, -0.25) is 9.89 Å². The molecule has 0 bridgehead atoms. The SMILES string of the molecule is CN1CCc2[nH]nc(C(=O)N[C@H](c3ccc4c(c3)CCO4)C3CC(O)C3)c2C1. The lowest BCUT2D eigenvalue weighted by Gasteiger charge is -2.38. The zero-order valence-electron chi connectivity index (χ0n) is 16.1. The van der Waals surface area contributed by atoms with Gasteiger partial charge in [-0.05, 0) is 49.1 Å². The molecule has 3 heterocycles. The van der Waals surface area contributed by atoms with Crippen LogP contribution in [-0.2, 0) is 19.4 Å². The van der Waals surface area contributed by atoms with Crippen LogP contribution in [0.15, 0.2) is 18.2 Å². The number of hydrogen-bond acceptors (Lipinski definition) is 5. The van der Waals surface area contributed by atoms with E-state index in [9.17, 15) is 9.90 Å². The molecule has 0 radical (unpaired) electrons. The minimum atomic E-state index is -0.269. The molecule has 3 N–H and O–H groups in total. The first-order valence-corrected chi connectivity index (χ1v) is 10.1. The fourth-order valence-electron chi connectivity index (χ4n) is 4.60. The van der Waals surface area contributed by atoms with Crippen molar-refractivity contribution in [1.82, 2.24) is 20.4 Å². The Morgan fingerprint density at radius 3 is 3.07 bits per heavy atom. The number of nitrogens with one attached hydrogen (secondary N) is 2. The van der Waals surface area contributed by atoms with Crippen LogP contribution in [0.25, 0.3) is 0 Å². The van der Waals surface area contributed by atoms with Gasteiger partial charge in [-0.1, -0.05) is 6.07 Å². The molecule has 1 saturated carbocycles. The molecule has 2 aliphatic heterocycles. The van der Waals surface area contributed by atoms with E-state index >= 15 is 0 Å². The zero-order valence-corrected chi connectivity index (χ0v) is 16.1. The van der Waals surface area contributed by atoms with Crippen molar-refractivity contribution in [3.8, 4) is 5.75 Å². The summed E-state index contributed by atoms with van der Waals surface area (Å²) in [4.78, 5) is 15.3. The maximum atomic E-state index is 13.1. The number of nitrogens with zero attached hydrogens (tertiary/aromatic N) is 2. The Morgan fingerprint density at radius 1 is 1.39 bits per heavy atom. The molecule has 0 unspecified atom stereocenters. The van der Waals surface area contributed by atoms with Gasteiger partial charge >= 0.3 is 0 Å². The maximum Gasteiger partial charge on any atom is 0.272 e. The number of aliphatic hydroxyl groups is 1. The van der Waals surface area contributed by atoms with Gasteiger partial charge in [0.1, 0.15) is 5.75 Å². The van der Waals surface area contributed by atoms with Gasteiger partial charge in [-0.2, -0.15) is 5.10 Å². The van der Waals surface area contributed by atoms with Gasteiger partial charge in [0.2, 0.25) is 0 Å². The van der Waals surface area contributed by atoms with Crippen molar-refractivity contribution in [2.75, 3.05) is 20.2 Å². The molecule has 1 aromatic carbocycles.